The van der Waals surface area contributed by atoms with Gasteiger partial charge in [0.25, 0.3) is 0 Å². The van der Waals surface area contributed by atoms with Crippen molar-refractivity contribution < 1.29 is 29.3 Å². The van der Waals surface area contributed by atoms with Crippen LogP contribution in [0.4, 0.5) is 4.79 Å². The number of nitrogens with one attached hydrogen (secondary N) is 2. The van der Waals surface area contributed by atoms with Gasteiger partial charge in [-0.2, -0.15) is 0 Å². The molecule has 2 amide bonds. The zero-order chi connectivity index (χ0) is 23.1. The van der Waals surface area contributed by atoms with Crippen molar-refractivity contribution in [1.82, 2.24) is 10.6 Å². The highest BCUT2D eigenvalue weighted by atomic mass is 16.5. The summed E-state index contributed by atoms with van der Waals surface area (Å²) < 4.78 is 5.47. The van der Waals surface area contributed by atoms with E-state index in [0.29, 0.717) is 6.42 Å². The van der Waals surface area contributed by atoms with Gasteiger partial charge in [0.2, 0.25) is 5.91 Å². The molecule has 8 heteroatoms. The molecular weight excluding hydrogens is 412 g/mol. The fourth-order valence-electron chi connectivity index (χ4n) is 3.88. The molecule has 1 unspecified atom stereocenters. The largest absolute Gasteiger partial charge is 0.479 e. The van der Waals surface area contributed by atoms with E-state index in [1.54, 1.807) is 0 Å². The van der Waals surface area contributed by atoms with Gasteiger partial charge in [0, 0.05) is 25.4 Å². The van der Waals surface area contributed by atoms with E-state index in [4.69, 9.17) is 9.84 Å². The van der Waals surface area contributed by atoms with Crippen LogP contribution in [0.1, 0.15) is 36.8 Å². The first-order valence-electron chi connectivity index (χ1n) is 10.7. The molecule has 0 saturated heterocycles. The van der Waals surface area contributed by atoms with E-state index in [1.165, 1.54) is 0 Å². The summed E-state index contributed by atoms with van der Waals surface area (Å²) in [6, 6.07) is 16.1. The molecule has 0 saturated carbocycles. The molecule has 4 N–H and O–H groups in total. The second-order valence-corrected chi connectivity index (χ2v) is 7.75. The average Bonchev–Trinajstić information content (AvgIpc) is 3.11. The number of carboxylic acids is 1. The van der Waals surface area contributed by atoms with Crippen LogP contribution in [0.25, 0.3) is 11.1 Å². The quantitative estimate of drug-likeness (QED) is 0.450. The van der Waals surface area contributed by atoms with Gasteiger partial charge in [0.1, 0.15) is 6.61 Å². The number of hydrogen-bond acceptors (Lipinski definition) is 5. The Labute approximate surface area is 186 Å². The molecule has 0 spiro atoms. The number of benzene rings is 2. The van der Waals surface area contributed by atoms with Gasteiger partial charge in [-0.1, -0.05) is 55.5 Å². The molecule has 0 heterocycles. The lowest BCUT2D eigenvalue weighted by molar-refractivity contribution is -0.147. The van der Waals surface area contributed by atoms with Crippen molar-refractivity contribution in [3.05, 3.63) is 59.7 Å². The monoisotopic (exact) mass is 440 g/mol. The lowest BCUT2D eigenvalue weighted by Gasteiger charge is -2.17. The summed E-state index contributed by atoms with van der Waals surface area (Å²) in [5.74, 6) is -2.18. The van der Waals surface area contributed by atoms with E-state index < -0.39 is 24.1 Å². The lowest BCUT2D eigenvalue weighted by Crippen LogP contribution is -2.40. The number of ether oxygens (including phenoxy) is 1. The molecule has 2 aromatic rings. The summed E-state index contributed by atoms with van der Waals surface area (Å²) in [4.78, 5) is 35.1. The van der Waals surface area contributed by atoms with E-state index in [0.717, 1.165) is 22.3 Å². The Bertz CT molecular complexity index is 931. The van der Waals surface area contributed by atoms with Gasteiger partial charge >= 0.3 is 12.1 Å². The number of rotatable bonds is 10. The molecular formula is C24H28N2O6. The van der Waals surface area contributed by atoms with Crippen molar-refractivity contribution in [3.8, 4) is 11.1 Å². The zero-order valence-corrected chi connectivity index (χ0v) is 17.9. The Morgan fingerprint density at radius 3 is 2.16 bits per heavy atom. The standard InChI is InChI=1S/C24H28N2O6/c1-2-15(22(28)25-12-11-21(27)23(29)30)13-26-24(31)32-14-20-18-9-5-3-7-16(18)17-8-4-6-10-19(17)20/h3-10,15,20-21,27H,2,11-14H2,1H3,(H,25,28)(H,26,31)(H,29,30)/t15?,21-/m0/s1. The van der Waals surface area contributed by atoms with Gasteiger partial charge < -0.3 is 25.6 Å². The normalized spacial score (nSPS) is 14.1. The summed E-state index contributed by atoms with van der Waals surface area (Å²) in [6.45, 7) is 2.14. The number of aliphatic hydroxyl groups excluding tert-OH is 1. The Morgan fingerprint density at radius 2 is 1.59 bits per heavy atom. The number of amides is 2. The minimum atomic E-state index is -1.52. The van der Waals surface area contributed by atoms with Crippen molar-refractivity contribution >= 4 is 18.0 Å². The van der Waals surface area contributed by atoms with Crippen LogP contribution in [0.5, 0.6) is 0 Å². The Kier molecular flexibility index (Phi) is 7.83. The number of carboxylic acid groups (broad SMARTS) is 1. The van der Waals surface area contributed by atoms with Gasteiger partial charge in [-0.05, 0) is 28.7 Å². The fourth-order valence-corrected chi connectivity index (χ4v) is 3.88. The third-order valence-electron chi connectivity index (χ3n) is 5.70. The summed E-state index contributed by atoms with van der Waals surface area (Å²) in [7, 11) is 0. The number of aliphatic carboxylic acids is 1. The zero-order valence-electron chi connectivity index (χ0n) is 17.9. The van der Waals surface area contributed by atoms with Crippen molar-refractivity contribution in [3.63, 3.8) is 0 Å². The highest BCUT2D eigenvalue weighted by Crippen LogP contribution is 2.44. The molecule has 32 heavy (non-hydrogen) atoms. The van der Waals surface area contributed by atoms with Gasteiger partial charge in [0.15, 0.2) is 6.10 Å². The van der Waals surface area contributed by atoms with Gasteiger partial charge in [-0.3, -0.25) is 4.79 Å². The van der Waals surface area contributed by atoms with Crippen LogP contribution < -0.4 is 10.6 Å². The Balaban J connectivity index is 1.48. The highest BCUT2D eigenvalue weighted by Gasteiger charge is 2.29. The number of aliphatic hydroxyl groups is 1. The van der Waals surface area contributed by atoms with Crippen LogP contribution in [-0.2, 0) is 14.3 Å². The van der Waals surface area contributed by atoms with Crippen molar-refractivity contribution in [2.24, 2.45) is 5.92 Å². The van der Waals surface area contributed by atoms with E-state index in [9.17, 15) is 19.5 Å². The second-order valence-electron chi connectivity index (χ2n) is 7.75. The second kappa shape index (κ2) is 10.8. The maximum absolute atomic E-state index is 12.3. The van der Waals surface area contributed by atoms with Gasteiger partial charge in [0.05, 0.1) is 5.92 Å². The first-order valence-corrected chi connectivity index (χ1v) is 10.7. The molecule has 0 fully saturated rings. The first kappa shape index (κ1) is 23.3. The maximum Gasteiger partial charge on any atom is 0.407 e. The summed E-state index contributed by atoms with van der Waals surface area (Å²) >= 11 is 0. The molecule has 0 aliphatic heterocycles. The minimum Gasteiger partial charge on any atom is -0.479 e. The predicted octanol–water partition coefficient (Wildman–Crippen LogP) is 2.50. The molecule has 0 aromatic heterocycles. The maximum atomic E-state index is 12.3. The fraction of sp³-hybridized carbons (Fsp3) is 0.375. The Hall–Kier alpha value is -3.39. The van der Waals surface area contributed by atoms with Crippen LogP contribution in [0.2, 0.25) is 0 Å². The summed E-state index contributed by atoms with van der Waals surface area (Å²) in [6.07, 6.45) is -1.72. The van der Waals surface area contributed by atoms with Gasteiger partial charge in [-0.25, -0.2) is 9.59 Å². The first-order chi connectivity index (χ1) is 15.4. The number of carbonyl (C=O) groups excluding carboxylic acids is 2. The topological polar surface area (TPSA) is 125 Å². The number of carbonyl (C=O) groups is 3. The minimum absolute atomic E-state index is 0.0355. The van der Waals surface area contributed by atoms with E-state index in [2.05, 4.69) is 22.8 Å². The smallest absolute Gasteiger partial charge is 0.407 e. The van der Waals surface area contributed by atoms with Crippen LogP contribution in [-0.4, -0.2) is 54.0 Å². The van der Waals surface area contributed by atoms with Crippen LogP contribution in [0, 0.1) is 5.92 Å². The average molecular weight is 440 g/mol. The molecule has 170 valence electrons. The third-order valence-corrected chi connectivity index (χ3v) is 5.70. The molecule has 3 rings (SSSR count). The summed E-state index contributed by atoms with van der Waals surface area (Å²) in [5.41, 5.74) is 4.53. The van der Waals surface area contributed by atoms with Crippen LogP contribution in [0.15, 0.2) is 48.5 Å². The number of fused-ring (bicyclic) bond motifs is 3. The van der Waals surface area contributed by atoms with E-state index in [1.807, 2.05) is 43.3 Å². The summed E-state index contributed by atoms with van der Waals surface area (Å²) in [5, 5.41) is 23.1. The van der Waals surface area contributed by atoms with Crippen LogP contribution in [0.3, 0.4) is 0 Å². The van der Waals surface area contributed by atoms with E-state index >= 15 is 0 Å². The molecule has 1 aliphatic rings. The lowest BCUT2D eigenvalue weighted by atomic mass is 9.98. The molecule has 8 nitrogen and oxygen atoms in total. The highest BCUT2D eigenvalue weighted by molar-refractivity contribution is 5.80. The molecule has 2 aromatic carbocycles. The molecule has 2 atom stereocenters. The predicted molar refractivity (Wildman–Crippen MR) is 118 cm³/mol. The van der Waals surface area contributed by atoms with Gasteiger partial charge in [-0.15, -0.1) is 0 Å². The number of hydrogen-bond donors (Lipinski definition) is 4. The van der Waals surface area contributed by atoms with Crippen molar-refractivity contribution in [2.75, 3.05) is 19.7 Å². The Morgan fingerprint density at radius 1 is 1.00 bits per heavy atom. The van der Waals surface area contributed by atoms with E-state index in [-0.39, 0.29) is 37.9 Å². The molecule has 0 bridgehead atoms. The molecule has 0 radical (unpaired) electrons. The SMILES string of the molecule is CCC(CNC(=O)OCC1c2ccccc2-c2ccccc21)C(=O)NCC[C@H](O)C(=O)O. The van der Waals surface area contributed by atoms with Crippen molar-refractivity contribution in [1.29, 1.82) is 0 Å². The third kappa shape index (κ3) is 5.45. The van der Waals surface area contributed by atoms with Crippen LogP contribution >= 0.6 is 0 Å². The number of alkyl carbamates (subject to hydrolysis) is 1. The molecule has 1 aliphatic carbocycles. The van der Waals surface area contributed by atoms with Crippen molar-refractivity contribution in [2.45, 2.75) is 31.8 Å².